The Bertz CT molecular complexity index is 608. The minimum atomic E-state index is -0.304. The monoisotopic (exact) mass is 348 g/mol. The first-order chi connectivity index (χ1) is 11.7. The molecule has 0 spiro atoms. The molecule has 0 aliphatic carbocycles. The van der Waals surface area contributed by atoms with Crippen LogP contribution in [0.5, 0.6) is 0 Å². The molecule has 0 radical (unpaired) electrons. The fourth-order valence-corrected chi connectivity index (χ4v) is 4.33. The topological polar surface area (TPSA) is 49.9 Å². The van der Waals surface area contributed by atoms with Crippen molar-refractivity contribution < 1.29 is 14.3 Å². The molecule has 0 saturated carbocycles. The van der Waals surface area contributed by atoms with Crippen molar-refractivity contribution in [1.82, 2.24) is 4.90 Å². The van der Waals surface area contributed by atoms with Crippen LogP contribution in [0.1, 0.15) is 26.2 Å². The maximum Gasteiger partial charge on any atom is 0.409 e. The van der Waals surface area contributed by atoms with E-state index in [-0.39, 0.29) is 17.9 Å². The van der Waals surface area contributed by atoms with Crippen LogP contribution in [0, 0.1) is 5.92 Å². The van der Waals surface area contributed by atoms with Gasteiger partial charge in [0, 0.05) is 24.5 Å². The normalized spacial score (nSPS) is 21.0. The second kappa shape index (κ2) is 7.92. The number of hydrogen-bond donors (Lipinski definition) is 0. The summed E-state index contributed by atoms with van der Waals surface area (Å²) < 4.78 is 5.09. The summed E-state index contributed by atoms with van der Waals surface area (Å²) in [6, 6.07) is 8.11. The molecule has 1 atom stereocenters. The highest BCUT2D eigenvalue weighted by molar-refractivity contribution is 7.99. The molecule has 5 nitrogen and oxygen atoms in total. The molecule has 6 heteroatoms. The smallest absolute Gasteiger partial charge is 0.409 e. The summed E-state index contributed by atoms with van der Waals surface area (Å²) >= 11 is 1.81. The number of para-hydroxylation sites is 1. The molecule has 1 fully saturated rings. The SMILES string of the molecule is CCOC(=O)N1CCC[C@@H](C(=O)N2CCCSc3ccccc32)C1. The van der Waals surface area contributed by atoms with Crippen LogP contribution in [0.25, 0.3) is 0 Å². The van der Waals surface area contributed by atoms with Crippen LogP contribution < -0.4 is 4.90 Å². The average Bonchev–Trinajstić information content (AvgIpc) is 2.84. The zero-order valence-corrected chi connectivity index (χ0v) is 14.9. The van der Waals surface area contributed by atoms with Crippen LogP contribution in [-0.2, 0) is 9.53 Å². The van der Waals surface area contributed by atoms with Crippen molar-refractivity contribution in [2.45, 2.75) is 31.1 Å². The number of ether oxygens (including phenoxy) is 1. The number of anilines is 1. The Morgan fingerprint density at radius 3 is 2.92 bits per heavy atom. The average molecular weight is 348 g/mol. The van der Waals surface area contributed by atoms with E-state index in [0.29, 0.717) is 19.7 Å². The Morgan fingerprint density at radius 2 is 2.08 bits per heavy atom. The highest BCUT2D eigenvalue weighted by atomic mass is 32.2. The predicted octanol–water partition coefficient (Wildman–Crippen LogP) is 3.38. The first-order valence-corrected chi connectivity index (χ1v) is 9.64. The van der Waals surface area contributed by atoms with E-state index in [1.165, 1.54) is 4.90 Å². The van der Waals surface area contributed by atoms with Crippen molar-refractivity contribution in [2.75, 3.05) is 36.9 Å². The highest BCUT2D eigenvalue weighted by Crippen LogP contribution is 2.35. The fourth-order valence-electron chi connectivity index (χ4n) is 3.34. The second-order valence-corrected chi connectivity index (χ2v) is 7.28. The van der Waals surface area contributed by atoms with E-state index >= 15 is 0 Å². The number of piperidine rings is 1. The van der Waals surface area contributed by atoms with Gasteiger partial charge in [-0.1, -0.05) is 12.1 Å². The standard InChI is InChI=1S/C18H24N2O3S/c1-2-23-18(22)19-10-5-7-14(13-19)17(21)20-11-6-12-24-16-9-4-3-8-15(16)20/h3-4,8-9,14H,2,5-7,10-13H2,1H3/t14-/m1/s1. The number of hydrogen-bond acceptors (Lipinski definition) is 4. The van der Waals surface area contributed by atoms with E-state index in [2.05, 4.69) is 6.07 Å². The summed E-state index contributed by atoms with van der Waals surface area (Å²) in [5, 5.41) is 0. The van der Waals surface area contributed by atoms with Gasteiger partial charge in [0.1, 0.15) is 0 Å². The molecule has 3 rings (SSSR count). The number of thioether (sulfide) groups is 1. The molecule has 0 unspecified atom stereocenters. The van der Waals surface area contributed by atoms with Crippen molar-refractivity contribution in [3.05, 3.63) is 24.3 Å². The van der Waals surface area contributed by atoms with Crippen molar-refractivity contribution in [3.8, 4) is 0 Å². The molecule has 0 N–H and O–H groups in total. The van der Waals surface area contributed by atoms with Gasteiger partial charge < -0.3 is 14.5 Å². The van der Waals surface area contributed by atoms with Crippen LogP contribution >= 0.6 is 11.8 Å². The molecule has 1 aromatic carbocycles. The van der Waals surface area contributed by atoms with Gasteiger partial charge in [0.05, 0.1) is 18.2 Å². The number of nitrogens with zero attached hydrogens (tertiary/aromatic N) is 2. The highest BCUT2D eigenvalue weighted by Gasteiger charge is 2.33. The van der Waals surface area contributed by atoms with E-state index in [1.807, 2.05) is 34.9 Å². The zero-order chi connectivity index (χ0) is 16.9. The second-order valence-electron chi connectivity index (χ2n) is 6.14. The maximum absolute atomic E-state index is 13.1. The molecule has 2 amide bonds. The third kappa shape index (κ3) is 3.69. The Morgan fingerprint density at radius 1 is 1.25 bits per heavy atom. The minimum absolute atomic E-state index is 0.138. The van der Waals surface area contributed by atoms with Crippen LogP contribution in [0.2, 0.25) is 0 Å². The van der Waals surface area contributed by atoms with E-state index in [1.54, 1.807) is 11.8 Å². The number of carbonyl (C=O) groups excluding carboxylic acids is 2. The molecular formula is C18H24N2O3S. The first kappa shape index (κ1) is 17.1. The lowest BCUT2D eigenvalue weighted by Crippen LogP contribution is -2.47. The fraction of sp³-hybridized carbons (Fsp3) is 0.556. The molecule has 1 aromatic rings. The first-order valence-electron chi connectivity index (χ1n) is 8.65. The lowest BCUT2D eigenvalue weighted by atomic mass is 9.96. The number of likely N-dealkylation sites (tertiary alicyclic amines) is 1. The summed E-state index contributed by atoms with van der Waals surface area (Å²) in [6.45, 7) is 4.05. The van der Waals surface area contributed by atoms with Gasteiger partial charge >= 0.3 is 6.09 Å². The third-order valence-corrected chi connectivity index (χ3v) is 5.65. The van der Waals surface area contributed by atoms with E-state index < -0.39 is 0 Å². The Kier molecular flexibility index (Phi) is 5.66. The van der Waals surface area contributed by atoms with E-state index in [9.17, 15) is 9.59 Å². The third-order valence-electron chi connectivity index (χ3n) is 4.50. The summed E-state index contributed by atoms with van der Waals surface area (Å²) in [4.78, 5) is 29.9. The van der Waals surface area contributed by atoms with Crippen molar-refractivity contribution in [3.63, 3.8) is 0 Å². The number of carbonyl (C=O) groups is 2. The Balaban J connectivity index is 1.75. The van der Waals surface area contributed by atoms with Crippen molar-refractivity contribution in [2.24, 2.45) is 5.92 Å². The summed E-state index contributed by atoms with van der Waals surface area (Å²) in [6.07, 6.45) is 2.36. The number of rotatable bonds is 2. The van der Waals surface area contributed by atoms with Gasteiger partial charge in [-0.05, 0) is 44.1 Å². The van der Waals surface area contributed by atoms with Crippen molar-refractivity contribution >= 4 is 29.4 Å². The molecule has 130 valence electrons. The van der Waals surface area contributed by atoms with Gasteiger partial charge in [-0.25, -0.2) is 4.79 Å². The lowest BCUT2D eigenvalue weighted by molar-refractivity contribution is -0.123. The Labute approximate surface area is 147 Å². The molecule has 1 saturated heterocycles. The molecule has 0 bridgehead atoms. The summed E-state index contributed by atoms with van der Waals surface area (Å²) in [5.74, 6) is 1.03. The molecule has 2 heterocycles. The zero-order valence-electron chi connectivity index (χ0n) is 14.1. The molecule has 2 aliphatic rings. The largest absolute Gasteiger partial charge is 0.450 e. The number of fused-ring (bicyclic) bond motifs is 1. The van der Waals surface area contributed by atoms with Crippen LogP contribution in [-0.4, -0.2) is 48.9 Å². The van der Waals surface area contributed by atoms with Crippen LogP contribution in [0.3, 0.4) is 0 Å². The van der Waals surface area contributed by atoms with Crippen molar-refractivity contribution in [1.29, 1.82) is 0 Å². The summed E-state index contributed by atoms with van der Waals surface area (Å²) in [5.41, 5.74) is 1.01. The van der Waals surface area contributed by atoms with E-state index in [0.717, 1.165) is 37.2 Å². The number of amides is 2. The predicted molar refractivity (Wildman–Crippen MR) is 95.5 cm³/mol. The van der Waals surface area contributed by atoms with Gasteiger partial charge in [-0.3, -0.25) is 4.79 Å². The molecular weight excluding hydrogens is 324 g/mol. The molecule has 24 heavy (non-hydrogen) atoms. The van der Waals surface area contributed by atoms with Crippen LogP contribution in [0.4, 0.5) is 10.5 Å². The van der Waals surface area contributed by atoms with E-state index in [4.69, 9.17) is 4.74 Å². The minimum Gasteiger partial charge on any atom is -0.450 e. The summed E-state index contributed by atoms with van der Waals surface area (Å²) in [7, 11) is 0. The van der Waals surface area contributed by atoms with Gasteiger partial charge in [-0.15, -0.1) is 11.8 Å². The molecule has 0 aromatic heterocycles. The molecule has 2 aliphatic heterocycles. The number of benzene rings is 1. The van der Waals surface area contributed by atoms with Gasteiger partial charge in [0.25, 0.3) is 0 Å². The lowest BCUT2D eigenvalue weighted by Gasteiger charge is -2.34. The quantitative estimate of drug-likeness (QED) is 0.822. The van der Waals surface area contributed by atoms with Gasteiger partial charge in [0.15, 0.2) is 0 Å². The maximum atomic E-state index is 13.1. The van der Waals surface area contributed by atoms with Gasteiger partial charge in [0.2, 0.25) is 5.91 Å². The van der Waals surface area contributed by atoms with Gasteiger partial charge in [-0.2, -0.15) is 0 Å². The Hall–Kier alpha value is -1.69. The van der Waals surface area contributed by atoms with Crippen LogP contribution in [0.15, 0.2) is 29.2 Å².